The van der Waals surface area contributed by atoms with Crippen molar-refractivity contribution in [2.45, 2.75) is 6.54 Å². The minimum atomic E-state index is 0. The fraction of sp³-hybridized carbons (Fsp3) is 0.438. The lowest BCUT2D eigenvalue weighted by atomic mass is 10.2. The van der Waals surface area contributed by atoms with Crippen LogP contribution in [0.4, 0.5) is 5.69 Å². The Kier molecular flexibility index (Phi) is 9.38. The lowest BCUT2D eigenvalue weighted by Gasteiger charge is -2.28. The first-order valence-electron chi connectivity index (χ1n) is 7.30. The molecule has 1 heterocycles. The highest BCUT2D eigenvalue weighted by Crippen LogP contribution is 2.19. The predicted molar refractivity (Wildman–Crippen MR) is 110 cm³/mol. The van der Waals surface area contributed by atoms with Crippen molar-refractivity contribution in [3.63, 3.8) is 0 Å². The zero-order chi connectivity index (χ0) is 14.9. The van der Waals surface area contributed by atoms with Gasteiger partial charge in [-0.15, -0.1) is 30.6 Å². The average Bonchev–Trinajstić information content (AvgIpc) is 2.56. The highest BCUT2D eigenvalue weighted by atomic mass is 127. The molecule has 1 aromatic rings. The minimum Gasteiger partial charge on any atom is -0.370 e. The van der Waals surface area contributed by atoms with Gasteiger partial charge in [0.2, 0.25) is 0 Å². The summed E-state index contributed by atoms with van der Waals surface area (Å²) >= 11 is 2.04. The van der Waals surface area contributed by atoms with Crippen molar-refractivity contribution in [1.82, 2.24) is 10.6 Å². The maximum Gasteiger partial charge on any atom is 0.191 e. The van der Waals surface area contributed by atoms with Crippen LogP contribution in [0.15, 0.2) is 41.9 Å². The normalized spacial score (nSPS) is 15.0. The van der Waals surface area contributed by atoms with Crippen molar-refractivity contribution in [3.05, 3.63) is 42.5 Å². The number of hydrogen-bond donors (Lipinski definition) is 2. The molecule has 22 heavy (non-hydrogen) atoms. The van der Waals surface area contributed by atoms with Crippen LogP contribution in [-0.4, -0.2) is 44.1 Å². The van der Waals surface area contributed by atoms with Gasteiger partial charge in [0.1, 0.15) is 0 Å². The first kappa shape index (κ1) is 19.2. The van der Waals surface area contributed by atoms with E-state index in [9.17, 15) is 0 Å². The zero-order valence-corrected chi connectivity index (χ0v) is 16.2. The van der Waals surface area contributed by atoms with Gasteiger partial charge in [-0.3, -0.25) is 4.99 Å². The monoisotopic (exact) mass is 432 g/mol. The van der Waals surface area contributed by atoms with E-state index in [1.54, 1.807) is 7.05 Å². The van der Waals surface area contributed by atoms with E-state index in [0.717, 1.165) is 25.6 Å². The van der Waals surface area contributed by atoms with Crippen molar-refractivity contribution in [2.24, 2.45) is 4.99 Å². The summed E-state index contributed by atoms with van der Waals surface area (Å²) in [7, 11) is 1.77. The minimum absolute atomic E-state index is 0. The average molecular weight is 432 g/mol. The van der Waals surface area contributed by atoms with E-state index in [0.29, 0.717) is 6.54 Å². The van der Waals surface area contributed by atoms with E-state index in [1.165, 1.54) is 22.8 Å². The summed E-state index contributed by atoms with van der Waals surface area (Å²) in [5, 5.41) is 6.46. The van der Waals surface area contributed by atoms with E-state index < -0.39 is 0 Å². The number of nitrogens with one attached hydrogen (secondary N) is 2. The van der Waals surface area contributed by atoms with Gasteiger partial charge in [-0.1, -0.05) is 18.2 Å². The van der Waals surface area contributed by atoms with Crippen LogP contribution in [0.2, 0.25) is 0 Å². The fourth-order valence-electron chi connectivity index (χ4n) is 2.22. The van der Waals surface area contributed by atoms with Crippen molar-refractivity contribution >= 4 is 47.4 Å². The Hall–Kier alpha value is -0.890. The number of nitrogens with zero attached hydrogens (tertiary/aromatic N) is 2. The summed E-state index contributed by atoms with van der Waals surface area (Å²) in [6.07, 6.45) is 1.82. The van der Waals surface area contributed by atoms with E-state index >= 15 is 0 Å². The standard InChI is InChI=1S/C16H24N4S.HI/c1-3-8-18-16(17-2)19-13-14-4-6-15(7-5-14)20-9-11-21-12-10-20;/h3-7H,1,8-13H2,2H3,(H2,17,18,19);1H. The molecular formula is C16H25IN4S. The molecule has 0 atom stereocenters. The van der Waals surface area contributed by atoms with Crippen LogP contribution in [-0.2, 0) is 6.54 Å². The van der Waals surface area contributed by atoms with Gasteiger partial charge in [0, 0.05) is 50.4 Å². The Morgan fingerprint density at radius 3 is 2.55 bits per heavy atom. The van der Waals surface area contributed by atoms with E-state index in [2.05, 4.69) is 51.4 Å². The molecule has 6 heteroatoms. The van der Waals surface area contributed by atoms with Crippen LogP contribution in [0.25, 0.3) is 0 Å². The Morgan fingerprint density at radius 2 is 1.95 bits per heavy atom. The molecule has 0 saturated carbocycles. The Morgan fingerprint density at radius 1 is 1.27 bits per heavy atom. The van der Waals surface area contributed by atoms with Crippen LogP contribution >= 0.6 is 35.7 Å². The molecule has 0 unspecified atom stereocenters. The highest BCUT2D eigenvalue weighted by molar-refractivity contribution is 14.0. The van der Waals surface area contributed by atoms with Gasteiger partial charge in [0.25, 0.3) is 0 Å². The number of hydrogen-bond acceptors (Lipinski definition) is 3. The number of guanidine groups is 1. The van der Waals surface area contributed by atoms with Crippen molar-refractivity contribution in [3.8, 4) is 0 Å². The third kappa shape index (κ3) is 6.08. The molecule has 1 fully saturated rings. The molecule has 0 spiro atoms. The topological polar surface area (TPSA) is 39.7 Å². The maximum absolute atomic E-state index is 4.17. The van der Waals surface area contributed by atoms with Crippen LogP contribution in [0.1, 0.15) is 5.56 Å². The predicted octanol–water partition coefficient (Wildman–Crippen LogP) is 2.71. The summed E-state index contributed by atoms with van der Waals surface area (Å²) in [4.78, 5) is 6.62. The molecule has 2 N–H and O–H groups in total. The van der Waals surface area contributed by atoms with Crippen molar-refractivity contribution < 1.29 is 0 Å². The summed E-state index contributed by atoms with van der Waals surface area (Å²) in [6.45, 7) is 7.48. The number of halogens is 1. The summed E-state index contributed by atoms with van der Waals surface area (Å²) in [5.74, 6) is 3.26. The van der Waals surface area contributed by atoms with Crippen molar-refractivity contribution in [1.29, 1.82) is 0 Å². The van der Waals surface area contributed by atoms with Crippen molar-refractivity contribution in [2.75, 3.05) is 43.1 Å². The molecule has 122 valence electrons. The van der Waals surface area contributed by atoms with Gasteiger partial charge in [-0.2, -0.15) is 11.8 Å². The number of aliphatic imine (C=N–C) groups is 1. The molecule has 1 aliphatic heterocycles. The number of benzene rings is 1. The van der Waals surface area contributed by atoms with Crippen LogP contribution in [0.3, 0.4) is 0 Å². The molecular weight excluding hydrogens is 407 g/mol. The molecule has 1 aliphatic rings. The second kappa shape index (κ2) is 10.8. The van der Waals surface area contributed by atoms with E-state index in [-0.39, 0.29) is 24.0 Å². The molecule has 0 bridgehead atoms. The fourth-order valence-corrected chi connectivity index (χ4v) is 3.12. The lowest BCUT2D eigenvalue weighted by Crippen LogP contribution is -2.36. The molecule has 2 rings (SSSR count). The first-order chi connectivity index (χ1) is 10.3. The molecule has 4 nitrogen and oxygen atoms in total. The summed E-state index contributed by atoms with van der Waals surface area (Å²) in [5.41, 5.74) is 2.58. The smallest absolute Gasteiger partial charge is 0.191 e. The molecule has 0 aromatic heterocycles. The molecule has 0 aliphatic carbocycles. The Labute approximate surface area is 154 Å². The maximum atomic E-state index is 4.17. The molecule has 0 radical (unpaired) electrons. The lowest BCUT2D eigenvalue weighted by molar-refractivity contribution is 0.841. The van der Waals surface area contributed by atoms with Crippen LogP contribution in [0, 0.1) is 0 Å². The molecule has 1 saturated heterocycles. The summed E-state index contributed by atoms with van der Waals surface area (Å²) in [6, 6.07) is 8.80. The van der Waals surface area contributed by atoms with E-state index in [1.807, 2.05) is 17.8 Å². The number of rotatable bonds is 5. The number of anilines is 1. The van der Waals surface area contributed by atoms with Gasteiger partial charge >= 0.3 is 0 Å². The SMILES string of the molecule is C=CCNC(=NC)NCc1ccc(N2CCSCC2)cc1.I. The Bertz CT molecular complexity index is 470. The second-order valence-corrected chi connectivity index (χ2v) is 6.09. The van der Waals surface area contributed by atoms with Gasteiger partial charge in [-0.05, 0) is 17.7 Å². The molecule has 0 amide bonds. The highest BCUT2D eigenvalue weighted by Gasteiger charge is 2.10. The number of thioether (sulfide) groups is 1. The largest absolute Gasteiger partial charge is 0.370 e. The molecule has 1 aromatic carbocycles. The second-order valence-electron chi connectivity index (χ2n) is 4.86. The zero-order valence-electron chi connectivity index (χ0n) is 13.0. The van der Waals surface area contributed by atoms with Crippen LogP contribution in [0.5, 0.6) is 0 Å². The van der Waals surface area contributed by atoms with Gasteiger partial charge < -0.3 is 15.5 Å². The third-order valence-corrected chi connectivity index (χ3v) is 4.35. The third-order valence-electron chi connectivity index (χ3n) is 3.41. The van der Waals surface area contributed by atoms with Gasteiger partial charge in [0.05, 0.1) is 0 Å². The summed E-state index contributed by atoms with van der Waals surface area (Å²) < 4.78 is 0. The van der Waals surface area contributed by atoms with Gasteiger partial charge in [0.15, 0.2) is 5.96 Å². The quantitative estimate of drug-likeness (QED) is 0.325. The van der Waals surface area contributed by atoms with Gasteiger partial charge in [-0.25, -0.2) is 0 Å². The Balaban J connectivity index is 0.00000242. The van der Waals surface area contributed by atoms with E-state index in [4.69, 9.17) is 0 Å². The van der Waals surface area contributed by atoms with Crippen LogP contribution < -0.4 is 15.5 Å². The first-order valence-corrected chi connectivity index (χ1v) is 8.46.